The molecule has 1 aromatic heterocycles. The number of hydrogen-bond acceptors (Lipinski definition) is 4. The first kappa shape index (κ1) is 13.3. The summed E-state index contributed by atoms with van der Waals surface area (Å²) in [5.74, 6) is 1.99. The van der Waals surface area contributed by atoms with Crippen LogP contribution in [-0.2, 0) is 15.5 Å². The minimum absolute atomic E-state index is 0.00239. The monoisotopic (exact) mass is 283 g/mol. The fraction of sp³-hybridized carbons (Fsp3) is 0.769. The van der Waals surface area contributed by atoms with Crippen molar-refractivity contribution in [2.24, 2.45) is 11.7 Å². The zero-order valence-electron chi connectivity index (χ0n) is 11.0. The predicted octanol–water partition coefficient (Wildman–Crippen LogP) is 1.00. The zero-order valence-corrected chi connectivity index (χ0v) is 11.8. The molecule has 106 valence electrons. The van der Waals surface area contributed by atoms with Crippen molar-refractivity contribution >= 4 is 10.8 Å². The Hall–Kier alpha value is -0.720. The van der Waals surface area contributed by atoms with Crippen LogP contribution in [0.5, 0.6) is 0 Å². The van der Waals surface area contributed by atoms with Crippen LogP contribution in [0.15, 0.2) is 12.5 Å². The summed E-state index contributed by atoms with van der Waals surface area (Å²) < 4.78 is 19.1. The third-order valence-electron chi connectivity index (χ3n) is 4.26. The van der Waals surface area contributed by atoms with E-state index in [0.29, 0.717) is 12.0 Å². The van der Waals surface area contributed by atoms with Gasteiger partial charge >= 0.3 is 0 Å². The van der Waals surface area contributed by atoms with Gasteiger partial charge in [0.05, 0.1) is 24.7 Å². The number of imidazole rings is 1. The third-order valence-corrected chi connectivity index (χ3v) is 5.64. The smallest absolute Gasteiger partial charge is 0.0951 e. The minimum atomic E-state index is -0.627. The van der Waals surface area contributed by atoms with E-state index in [2.05, 4.69) is 9.55 Å². The lowest BCUT2D eigenvalue weighted by atomic mass is 9.97. The summed E-state index contributed by atoms with van der Waals surface area (Å²) in [6.45, 7) is 1.57. The minimum Gasteiger partial charge on any atom is -0.381 e. The molecule has 0 amide bonds. The van der Waals surface area contributed by atoms with Crippen molar-refractivity contribution in [3.05, 3.63) is 18.2 Å². The van der Waals surface area contributed by atoms with Crippen LogP contribution in [0, 0.1) is 5.92 Å². The Morgan fingerprint density at radius 2 is 2.21 bits per heavy atom. The quantitative estimate of drug-likeness (QED) is 0.898. The second kappa shape index (κ2) is 5.73. The Morgan fingerprint density at radius 1 is 1.42 bits per heavy atom. The van der Waals surface area contributed by atoms with Gasteiger partial charge in [-0.15, -0.1) is 0 Å². The Bertz CT molecular complexity index is 446. The van der Waals surface area contributed by atoms with Gasteiger partial charge in [0.25, 0.3) is 0 Å². The summed E-state index contributed by atoms with van der Waals surface area (Å²) in [6.07, 6.45) is 6.72. The largest absolute Gasteiger partial charge is 0.381 e. The van der Waals surface area contributed by atoms with Crippen molar-refractivity contribution in [1.29, 1.82) is 0 Å². The van der Waals surface area contributed by atoms with E-state index in [9.17, 15) is 4.21 Å². The molecule has 0 aromatic carbocycles. The molecule has 5 nitrogen and oxygen atoms in total. The first-order valence-corrected chi connectivity index (χ1v) is 8.44. The highest BCUT2D eigenvalue weighted by Gasteiger charge is 2.29. The molecule has 2 saturated heterocycles. The average Bonchev–Trinajstić information content (AvgIpc) is 3.10. The van der Waals surface area contributed by atoms with Crippen LogP contribution in [-0.4, -0.2) is 38.5 Å². The third kappa shape index (κ3) is 2.75. The molecule has 3 heterocycles. The topological polar surface area (TPSA) is 70.1 Å². The van der Waals surface area contributed by atoms with Gasteiger partial charge in [0.1, 0.15) is 0 Å². The average molecular weight is 283 g/mol. The summed E-state index contributed by atoms with van der Waals surface area (Å²) in [7, 11) is -0.627. The van der Waals surface area contributed by atoms with Gasteiger partial charge in [-0.1, -0.05) is 0 Å². The molecule has 2 unspecified atom stereocenters. The molecule has 2 aliphatic heterocycles. The number of rotatable bonds is 3. The van der Waals surface area contributed by atoms with E-state index in [1.807, 2.05) is 12.5 Å². The number of nitrogens with zero attached hydrogens (tertiary/aromatic N) is 2. The van der Waals surface area contributed by atoms with Crippen LogP contribution in [0.2, 0.25) is 0 Å². The molecule has 19 heavy (non-hydrogen) atoms. The summed E-state index contributed by atoms with van der Waals surface area (Å²) in [6, 6.07) is 0.404. The van der Waals surface area contributed by atoms with Crippen molar-refractivity contribution in [1.82, 2.24) is 9.55 Å². The maximum atomic E-state index is 11.5. The Morgan fingerprint density at radius 3 is 2.89 bits per heavy atom. The van der Waals surface area contributed by atoms with Crippen LogP contribution in [0.3, 0.4) is 0 Å². The molecule has 2 N–H and O–H groups in total. The highest BCUT2D eigenvalue weighted by atomic mass is 32.2. The second-order valence-electron chi connectivity index (χ2n) is 5.45. The van der Waals surface area contributed by atoms with Gasteiger partial charge in [-0.25, -0.2) is 4.98 Å². The molecule has 0 spiro atoms. The first-order chi connectivity index (χ1) is 9.25. The number of hydrogen-bond donors (Lipinski definition) is 1. The maximum absolute atomic E-state index is 11.5. The Kier molecular flexibility index (Phi) is 4.00. The van der Waals surface area contributed by atoms with Crippen molar-refractivity contribution in [3.63, 3.8) is 0 Å². The molecule has 0 bridgehead atoms. The molecule has 6 heteroatoms. The highest BCUT2D eigenvalue weighted by molar-refractivity contribution is 7.85. The lowest BCUT2D eigenvalue weighted by molar-refractivity contribution is 0.180. The lowest BCUT2D eigenvalue weighted by Gasteiger charge is -2.27. The molecular formula is C13H21N3O2S. The molecule has 0 aliphatic carbocycles. The second-order valence-corrected chi connectivity index (χ2v) is 7.15. The molecule has 2 atom stereocenters. The maximum Gasteiger partial charge on any atom is 0.0951 e. The fourth-order valence-electron chi connectivity index (χ4n) is 3.02. The van der Waals surface area contributed by atoms with E-state index in [0.717, 1.165) is 49.7 Å². The first-order valence-electron chi connectivity index (χ1n) is 6.95. The van der Waals surface area contributed by atoms with Gasteiger partial charge in [-0.05, 0) is 19.3 Å². The SMILES string of the molecule is NC(c1cncn1C1CCS(=O)CC1)C1CCOC1. The molecule has 0 radical (unpaired) electrons. The van der Waals surface area contributed by atoms with E-state index >= 15 is 0 Å². The predicted molar refractivity (Wildman–Crippen MR) is 74.2 cm³/mol. The Balaban J connectivity index is 1.75. The number of aromatic nitrogens is 2. The van der Waals surface area contributed by atoms with Crippen LogP contribution in [0.4, 0.5) is 0 Å². The standard InChI is InChI=1S/C13H21N3O2S/c14-13(10-1-4-18-8-10)12-7-15-9-16(12)11-2-5-19(17)6-3-11/h7,9-11,13H,1-6,8,14H2. The van der Waals surface area contributed by atoms with Crippen molar-refractivity contribution in [3.8, 4) is 0 Å². The summed E-state index contributed by atoms with van der Waals surface area (Å²) in [4.78, 5) is 4.28. The fourth-order valence-corrected chi connectivity index (χ4v) is 4.29. The lowest BCUT2D eigenvalue weighted by Crippen LogP contribution is -2.28. The van der Waals surface area contributed by atoms with Crippen LogP contribution < -0.4 is 5.73 Å². The van der Waals surface area contributed by atoms with E-state index < -0.39 is 10.8 Å². The number of nitrogens with two attached hydrogens (primary N) is 1. The van der Waals surface area contributed by atoms with Crippen molar-refractivity contribution in [2.75, 3.05) is 24.7 Å². The number of ether oxygens (including phenoxy) is 1. The van der Waals surface area contributed by atoms with Crippen LogP contribution in [0.1, 0.15) is 37.0 Å². The highest BCUT2D eigenvalue weighted by Crippen LogP contribution is 2.30. The molecule has 0 saturated carbocycles. The van der Waals surface area contributed by atoms with Crippen LogP contribution >= 0.6 is 0 Å². The van der Waals surface area contributed by atoms with E-state index in [4.69, 9.17) is 10.5 Å². The van der Waals surface area contributed by atoms with Gasteiger partial charge in [-0.3, -0.25) is 4.21 Å². The van der Waals surface area contributed by atoms with Gasteiger partial charge < -0.3 is 15.0 Å². The normalized spacial score (nSPS) is 33.4. The van der Waals surface area contributed by atoms with E-state index in [-0.39, 0.29) is 6.04 Å². The molecular weight excluding hydrogens is 262 g/mol. The van der Waals surface area contributed by atoms with Crippen LogP contribution in [0.25, 0.3) is 0 Å². The van der Waals surface area contributed by atoms with Gasteiger partial charge in [0.2, 0.25) is 0 Å². The summed E-state index contributed by atoms with van der Waals surface area (Å²) in [5.41, 5.74) is 7.48. The zero-order chi connectivity index (χ0) is 13.2. The van der Waals surface area contributed by atoms with Crippen molar-refractivity contribution in [2.45, 2.75) is 31.3 Å². The summed E-state index contributed by atoms with van der Waals surface area (Å²) >= 11 is 0. The molecule has 2 fully saturated rings. The molecule has 1 aromatic rings. The van der Waals surface area contributed by atoms with E-state index in [1.54, 1.807) is 0 Å². The summed E-state index contributed by atoms with van der Waals surface area (Å²) in [5, 5.41) is 0. The molecule has 2 aliphatic rings. The van der Waals surface area contributed by atoms with Gasteiger partial charge in [0.15, 0.2) is 0 Å². The van der Waals surface area contributed by atoms with E-state index in [1.165, 1.54) is 0 Å². The van der Waals surface area contributed by atoms with Gasteiger partial charge in [0, 0.05) is 47.1 Å². The molecule has 3 rings (SSSR count). The Labute approximate surface area is 116 Å². The van der Waals surface area contributed by atoms with Gasteiger partial charge in [-0.2, -0.15) is 0 Å². The van der Waals surface area contributed by atoms with Crippen molar-refractivity contribution < 1.29 is 8.95 Å².